The summed E-state index contributed by atoms with van der Waals surface area (Å²) < 4.78 is 10.3. The summed E-state index contributed by atoms with van der Waals surface area (Å²) in [7, 11) is 1.33. The van der Waals surface area contributed by atoms with Crippen LogP contribution in [0.2, 0.25) is 0 Å². The molecule has 2 aliphatic heterocycles. The lowest BCUT2D eigenvalue weighted by Gasteiger charge is -2.26. The molecule has 7 heteroatoms. The number of carbonyl (C=O) groups excluding carboxylic acids is 3. The molecule has 1 N–H and O–H groups in total. The number of amides is 1. The molecule has 3 aromatic rings. The molecule has 182 valence electrons. The molecule has 1 atom stereocenters. The molecule has 0 spiro atoms. The lowest BCUT2D eigenvalue weighted by atomic mass is 9.92. The molecule has 0 aromatic heterocycles. The molecule has 36 heavy (non-hydrogen) atoms. The number of methoxy groups -OCH3 is 1. The van der Waals surface area contributed by atoms with Crippen LogP contribution in [0, 0.1) is 6.92 Å². The second-order valence-electron chi connectivity index (χ2n) is 8.87. The number of benzene rings is 3. The lowest BCUT2D eigenvalue weighted by molar-refractivity contribution is -0.139. The fourth-order valence-electron chi connectivity index (χ4n) is 4.79. The zero-order chi connectivity index (χ0) is 25.4. The van der Waals surface area contributed by atoms with Crippen LogP contribution in [0.1, 0.15) is 33.9 Å². The van der Waals surface area contributed by atoms with Gasteiger partial charge in [-0.1, -0.05) is 36.4 Å². The average Bonchev–Trinajstić information content (AvgIpc) is 3.46. The topological polar surface area (TPSA) is 93.1 Å². The van der Waals surface area contributed by atoms with Crippen LogP contribution >= 0.6 is 0 Å². The van der Waals surface area contributed by atoms with Crippen LogP contribution < -0.4 is 9.64 Å². The number of nitrogens with zero attached hydrogens (tertiary/aromatic N) is 1. The van der Waals surface area contributed by atoms with Crippen LogP contribution in [0.3, 0.4) is 0 Å². The van der Waals surface area contributed by atoms with Gasteiger partial charge in [-0.3, -0.25) is 19.3 Å². The number of carbonyl (C=O) groups is 3. The SMILES string of the molecule is COC(=O)Cc1ccc(N2C(=O)C(=O)/C(=C(/O)c3ccc4c(c3)CCO4)C2c2ccccc2C)cc1. The van der Waals surface area contributed by atoms with Gasteiger partial charge in [0.2, 0.25) is 0 Å². The van der Waals surface area contributed by atoms with Crippen molar-refractivity contribution < 1.29 is 29.0 Å². The zero-order valence-electron chi connectivity index (χ0n) is 20.0. The number of fused-ring (bicyclic) bond motifs is 1. The molecule has 1 saturated heterocycles. The number of Topliss-reactive ketones (excluding diaryl/α,β-unsaturated/α-hetero) is 1. The quantitative estimate of drug-likeness (QED) is 0.252. The van der Waals surface area contributed by atoms with Gasteiger partial charge in [0.15, 0.2) is 0 Å². The van der Waals surface area contributed by atoms with E-state index in [1.807, 2.05) is 37.3 Å². The lowest BCUT2D eigenvalue weighted by Crippen LogP contribution is -2.29. The number of aryl methyl sites for hydroxylation is 1. The van der Waals surface area contributed by atoms with Crippen LogP contribution in [-0.2, 0) is 32.0 Å². The predicted molar refractivity (Wildman–Crippen MR) is 134 cm³/mol. The Morgan fingerprint density at radius 1 is 1.08 bits per heavy atom. The summed E-state index contributed by atoms with van der Waals surface area (Å²) in [6, 6.07) is 18.8. The van der Waals surface area contributed by atoms with Crippen molar-refractivity contribution in [1.29, 1.82) is 0 Å². The molecule has 1 amide bonds. The number of hydrogen-bond acceptors (Lipinski definition) is 6. The number of rotatable bonds is 5. The third-order valence-electron chi connectivity index (χ3n) is 6.68. The molecule has 5 rings (SSSR count). The number of aliphatic hydroxyl groups excluding tert-OH is 1. The van der Waals surface area contributed by atoms with E-state index in [0.29, 0.717) is 24.3 Å². The highest BCUT2D eigenvalue weighted by Crippen LogP contribution is 2.43. The first-order chi connectivity index (χ1) is 17.4. The summed E-state index contributed by atoms with van der Waals surface area (Å²) in [5.74, 6) is -1.32. The maximum absolute atomic E-state index is 13.4. The second kappa shape index (κ2) is 9.34. The van der Waals surface area contributed by atoms with Crippen molar-refractivity contribution in [2.45, 2.75) is 25.8 Å². The minimum absolute atomic E-state index is 0.0341. The van der Waals surface area contributed by atoms with Crippen LogP contribution in [0.15, 0.2) is 72.3 Å². The zero-order valence-corrected chi connectivity index (χ0v) is 20.0. The molecule has 7 nitrogen and oxygen atoms in total. The Morgan fingerprint density at radius 2 is 1.83 bits per heavy atom. The molecule has 2 aliphatic rings. The Kier molecular flexibility index (Phi) is 6.06. The van der Waals surface area contributed by atoms with Crippen molar-refractivity contribution in [1.82, 2.24) is 0 Å². The van der Waals surface area contributed by atoms with E-state index in [4.69, 9.17) is 9.47 Å². The van der Waals surface area contributed by atoms with E-state index in [0.717, 1.165) is 28.0 Å². The number of esters is 1. The summed E-state index contributed by atoms with van der Waals surface area (Å²) in [5, 5.41) is 11.4. The highest BCUT2D eigenvalue weighted by Gasteiger charge is 2.47. The van der Waals surface area contributed by atoms with E-state index in [-0.39, 0.29) is 23.7 Å². The molecule has 2 heterocycles. The van der Waals surface area contributed by atoms with Crippen LogP contribution in [0.25, 0.3) is 5.76 Å². The summed E-state index contributed by atoms with van der Waals surface area (Å²) in [4.78, 5) is 39.8. The number of anilines is 1. The summed E-state index contributed by atoms with van der Waals surface area (Å²) in [6.45, 7) is 2.47. The first kappa shape index (κ1) is 23.4. The first-order valence-electron chi connectivity index (χ1n) is 11.7. The number of ketones is 1. The van der Waals surface area contributed by atoms with Gasteiger partial charge in [0.05, 0.1) is 31.8 Å². The summed E-state index contributed by atoms with van der Waals surface area (Å²) in [6.07, 6.45) is 0.808. The fourth-order valence-corrected chi connectivity index (χ4v) is 4.79. The Bertz CT molecular complexity index is 1410. The van der Waals surface area contributed by atoms with Gasteiger partial charge in [-0.15, -0.1) is 0 Å². The molecule has 0 saturated carbocycles. The van der Waals surface area contributed by atoms with Crippen molar-refractivity contribution in [2.75, 3.05) is 18.6 Å². The third-order valence-corrected chi connectivity index (χ3v) is 6.68. The smallest absolute Gasteiger partial charge is 0.309 e. The molecule has 0 aliphatic carbocycles. The van der Waals surface area contributed by atoms with E-state index in [9.17, 15) is 19.5 Å². The predicted octanol–water partition coefficient (Wildman–Crippen LogP) is 4.27. The maximum Gasteiger partial charge on any atom is 0.309 e. The Balaban J connectivity index is 1.63. The molecular formula is C29H25NO6. The highest BCUT2D eigenvalue weighted by molar-refractivity contribution is 6.51. The molecule has 1 unspecified atom stereocenters. The maximum atomic E-state index is 13.4. The molecule has 3 aromatic carbocycles. The minimum Gasteiger partial charge on any atom is -0.507 e. The van der Waals surface area contributed by atoms with E-state index in [1.54, 1.807) is 36.4 Å². The Morgan fingerprint density at radius 3 is 2.56 bits per heavy atom. The van der Waals surface area contributed by atoms with Gasteiger partial charge < -0.3 is 14.6 Å². The van der Waals surface area contributed by atoms with Gasteiger partial charge in [-0.25, -0.2) is 0 Å². The molecule has 1 fully saturated rings. The Labute approximate surface area is 208 Å². The molecule has 0 bridgehead atoms. The second-order valence-corrected chi connectivity index (χ2v) is 8.87. The van der Waals surface area contributed by atoms with Crippen molar-refractivity contribution in [3.05, 3.63) is 100 Å². The van der Waals surface area contributed by atoms with Gasteiger partial charge in [0, 0.05) is 17.7 Å². The largest absolute Gasteiger partial charge is 0.507 e. The first-order valence-corrected chi connectivity index (χ1v) is 11.7. The number of hydrogen-bond donors (Lipinski definition) is 1. The highest BCUT2D eigenvalue weighted by atomic mass is 16.5. The van der Waals surface area contributed by atoms with Gasteiger partial charge in [0.1, 0.15) is 11.5 Å². The van der Waals surface area contributed by atoms with Crippen LogP contribution in [0.4, 0.5) is 5.69 Å². The summed E-state index contributed by atoms with van der Waals surface area (Å²) >= 11 is 0. The minimum atomic E-state index is -0.817. The fraction of sp³-hybridized carbons (Fsp3) is 0.207. The van der Waals surface area contributed by atoms with Gasteiger partial charge in [0.25, 0.3) is 11.7 Å². The standard InChI is InChI=1S/C29H25NO6/c1-17-5-3-4-6-22(17)26-25(27(32)20-9-12-23-19(16-20)13-14-36-23)28(33)29(34)30(26)21-10-7-18(8-11-21)15-24(31)35-2/h3-12,16,26,32H,13-15H2,1-2H3/b27-25+. The van der Waals surface area contributed by atoms with Crippen molar-refractivity contribution >= 4 is 29.1 Å². The normalized spacial score (nSPS) is 18.2. The molecular weight excluding hydrogens is 458 g/mol. The van der Waals surface area contributed by atoms with Crippen molar-refractivity contribution in [3.8, 4) is 5.75 Å². The average molecular weight is 484 g/mol. The van der Waals surface area contributed by atoms with Crippen LogP contribution in [0.5, 0.6) is 5.75 Å². The molecule has 0 radical (unpaired) electrons. The van der Waals surface area contributed by atoms with E-state index >= 15 is 0 Å². The van der Waals surface area contributed by atoms with Crippen molar-refractivity contribution in [2.24, 2.45) is 0 Å². The van der Waals surface area contributed by atoms with Gasteiger partial charge in [-0.2, -0.15) is 0 Å². The van der Waals surface area contributed by atoms with E-state index < -0.39 is 17.7 Å². The third kappa shape index (κ3) is 4.02. The number of aliphatic hydroxyl groups is 1. The number of ether oxygens (including phenoxy) is 2. The van der Waals surface area contributed by atoms with Crippen molar-refractivity contribution in [3.63, 3.8) is 0 Å². The van der Waals surface area contributed by atoms with E-state index in [1.165, 1.54) is 12.0 Å². The van der Waals surface area contributed by atoms with Gasteiger partial charge >= 0.3 is 5.97 Å². The van der Waals surface area contributed by atoms with E-state index in [2.05, 4.69) is 0 Å². The summed E-state index contributed by atoms with van der Waals surface area (Å²) in [5.41, 5.74) is 4.26. The monoisotopic (exact) mass is 483 g/mol. The van der Waals surface area contributed by atoms with Crippen LogP contribution in [-0.4, -0.2) is 36.5 Å². The van der Waals surface area contributed by atoms with Gasteiger partial charge in [-0.05, 0) is 59.5 Å². The Hall–Kier alpha value is -4.39.